The fourth-order valence-corrected chi connectivity index (χ4v) is 4.31. The van der Waals surface area contributed by atoms with E-state index in [1.807, 2.05) is 27.7 Å². The van der Waals surface area contributed by atoms with Crippen LogP contribution in [0, 0.1) is 32.4 Å². The number of hydrogen-bond donors (Lipinski definition) is 1. The number of rotatable bonds is 8. The van der Waals surface area contributed by atoms with Crippen LogP contribution in [0.25, 0.3) is 0 Å². The van der Waals surface area contributed by atoms with Gasteiger partial charge in [-0.1, -0.05) is 12.1 Å². The lowest BCUT2D eigenvalue weighted by Gasteiger charge is -2.23. The zero-order valence-corrected chi connectivity index (χ0v) is 18.7. The van der Waals surface area contributed by atoms with Gasteiger partial charge in [-0.25, -0.2) is 17.2 Å². The number of amides is 1. The van der Waals surface area contributed by atoms with Crippen LogP contribution in [0.2, 0.25) is 0 Å². The summed E-state index contributed by atoms with van der Waals surface area (Å²) in [5.41, 5.74) is 4.48. The Labute approximate surface area is 177 Å². The Bertz CT molecular complexity index is 1040. The minimum atomic E-state index is -3.71. The first-order valence-corrected chi connectivity index (χ1v) is 11.5. The summed E-state index contributed by atoms with van der Waals surface area (Å²) in [5, 5.41) is 2.94. The maximum atomic E-state index is 13.5. The first-order chi connectivity index (χ1) is 13.9. The summed E-state index contributed by atoms with van der Waals surface area (Å²) < 4.78 is 51.8. The molecule has 5 nitrogen and oxygen atoms in total. The fourth-order valence-electron chi connectivity index (χ4n) is 3.35. The number of nitrogens with one attached hydrogen (secondary N) is 1. The quantitative estimate of drug-likeness (QED) is 0.668. The summed E-state index contributed by atoms with van der Waals surface area (Å²) in [6.45, 7) is 7.93. The van der Waals surface area contributed by atoms with Crippen molar-refractivity contribution < 1.29 is 22.0 Å². The predicted molar refractivity (Wildman–Crippen MR) is 115 cm³/mol. The van der Waals surface area contributed by atoms with Crippen molar-refractivity contribution in [2.45, 2.75) is 46.6 Å². The monoisotopic (exact) mass is 438 g/mol. The highest BCUT2D eigenvalue weighted by Gasteiger charge is 2.20. The molecule has 0 aliphatic carbocycles. The molecular formula is C22H28F2N2O3S. The Hall–Kier alpha value is -2.48. The van der Waals surface area contributed by atoms with E-state index in [1.165, 1.54) is 11.6 Å². The lowest BCUT2D eigenvalue weighted by atomic mass is 9.96. The molecule has 0 radical (unpaired) electrons. The molecule has 1 N–H and O–H groups in total. The van der Waals surface area contributed by atoms with E-state index < -0.39 is 21.7 Å². The molecule has 164 valence electrons. The minimum absolute atomic E-state index is 0.0195. The van der Waals surface area contributed by atoms with Crippen molar-refractivity contribution in [3.05, 3.63) is 64.2 Å². The molecule has 0 spiro atoms. The molecule has 0 saturated carbocycles. The normalized spacial score (nSPS) is 12.5. The third-order valence-electron chi connectivity index (χ3n) is 5.08. The molecule has 2 aromatic carbocycles. The number of carbonyl (C=O) groups is 1. The molecule has 2 aromatic rings. The van der Waals surface area contributed by atoms with Crippen LogP contribution >= 0.6 is 0 Å². The highest BCUT2D eigenvalue weighted by atomic mass is 32.2. The number of benzene rings is 2. The first kappa shape index (κ1) is 23.8. The first-order valence-electron chi connectivity index (χ1n) is 9.70. The van der Waals surface area contributed by atoms with Gasteiger partial charge in [0.15, 0.2) is 11.6 Å². The van der Waals surface area contributed by atoms with Crippen molar-refractivity contribution in [1.29, 1.82) is 0 Å². The van der Waals surface area contributed by atoms with Crippen LogP contribution in [0.1, 0.15) is 48.1 Å². The number of hydrogen-bond acceptors (Lipinski definition) is 3. The van der Waals surface area contributed by atoms with Gasteiger partial charge in [0.05, 0.1) is 18.0 Å². The highest BCUT2D eigenvalue weighted by Crippen LogP contribution is 2.23. The highest BCUT2D eigenvalue weighted by molar-refractivity contribution is 7.92. The summed E-state index contributed by atoms with van der Waals surface area (Å²) in [7, 11) is -3.71. The van der Waals surface area contributed by atoms with Crippen molar-refractivity contribution in [3.63, 3.8) is 0 Å². The summed E-state index contributed by atoms with van der Waals surface area (Å²) in [4.78, 5) is 12.4. The molecule has 8 heteroatoms. The van der Waals surface area contributed by atoms with E-state index in [1.54, 1.807) is 0 Å². The number of carbonyl (C=O) groups excluding carboxylic acids is 1. The van der Waals surface area contributed by atoms with E-state index in [9.17, 15) is 22.0 Å². The van der Waals surface area contributed by atoms with Crippen LogP contribution in [0.5, 0.6) is 0 Å². The summed E-state index contributed by atoms with van der Waals surface area (Å²) in [5.74, 6) is -2.39. The molecule has 0 saturated heterocycles. The zero-order chi connectivity index (χ0) is 22.6. The van der Waals surface area contributed by atoms with E-state index >= 15 is 0 Å². The average molecular weight is 439 g/mol. The molecular weight excluding hydrogens is 410 g/mol. The lowest BCUT2D eigenvalue weighted by molar-refractivity contribution is -0.121. The molecule has 0 heterocycles. The number of aryl methyl sites for hydroxylation is 3. The molecule has 2 rings (SSSR count). The van der Waals surface area contributed by atoms with Crippen LogP contribution in [-0.4, -0.2) is 27.1 Å². The maximum Gasteiger partial charge on any atom is 0.232 e. The summed E-state index contributed by atoms with van der Waals surface area (Å²) in [6.07, 6.45) is 1.32. The Kier molecular flexibility index (Phi) is 7.58. The van der Waals surface area contributed by atoms with Gasteiger partial charge in [-0.3, -0.25) is 9.10 Å². The van der Waals surface area contributed by atoms with Crippen molar-refractivity contribution >= 4 is 21.6 Å². The second-order valence-corrected chi connectivity index (χ2v) is 9.53. The molecule has 0 bridgehead atoms. The smallest absolute Gasteiger partial charge is 0.232 e. The number of sulfonamides is 1. The van der Waals surface area contributed by atoms with Gasteiger partial charge in [-0.15, -0.1) is 0 Å². The Morgan fingerprint density at radius 2 is 1.67 bits per heavy atom. The Balaban J connectivity index is 2.00. The zero-order valence-electron chi connectivity index (χ0n) is 17.9. The fraction of sp³-hybridized carbons (Fsp3) is 0.409. The van der Waals surface area contributed by atoms with Crippen molar-refractivity contribution in [2.75, 3.05) is 17.1 Å². The molecule has 1 amide bonds. The van der Waals surface area contributed by atoms with E-state index in [2.05, 4.69) is 17.4 Å². The van der Waals surface area contributed by atoms with Crippen LogP contribution < -0.4 is 9.62 Å². The third-order valence-corrected chi connectivity index (χ3v) is 6.28. The van der Waals surface area contributed by atoms with Crippen LogP contribution in [0.15, 0.2) is 30.3 Å². The van der Waals surface area contributed by atoms with Crippen LogP contribution in [-0.2, 0) is 14.8 Å². The number of halogens is 2. The standard InChI is InChI=1S/C22H28F2N2O3S/c1-14-11-16(3)19(12-15(14)2)17(4)25-22(27)7-6-10-26(30(5,28)29)18-8-9-20(23)21(24)13-18/h8-9,11-13,17H,6-7,10H2,1-5H3,(H,25,27)/t17-/m0/s1. The number of nitrogens with zero attached hydrogens (tertiary/aromatic N) is 1. The molecule has 0 unspecified atom stereocenters. The second kappa shape index (κ2) is 9.55. The largest absolute Gasteiger partial charge is 0.350 e. The van der Waals surface area contributed by atoms with E-state index in [-0.39, 0.29) is 37.0 Å². The lowest BCUT2D eigenvalue weighted by Crippen LogP contribution is -2.32. The average Bonchev–Trinajstić information content (AvgIpc) is 2.63. The third kappa shape index (κ3) is 6.01. The van der Waals surface area contributed by atoms with Crippen LogP contribution in [0.4, 0.5) is 14.5 Å². The molecule has 1 atom stereocenters. The van der Waals surface area contributed by atoms with Gasteiger partial charge in [0.2, 0.25) is 15.9 Å². The Morgan fingerprint density at radius 3 is 2.27 bits per heavy atom. The minimum Gasteiger partial charge on any atom is -0.350 e. The van der Waals surface area contributed by atoms with Gasteiger partial charge in [0.25, 0.3) is 0 Å². The topological polar surface area (TPSA) is 66.5 Å². The Morgan fingerprint density at radius 1 is 1.03 bits per heavy atom. The SMILES string of the molecule is Cc1cc(C)c([C@H](C)NC(=O)CCCN(c2ccc(F)c(F)c2)S(C)(=O)=O)cc1C. The van der Waals surface area contributed by atoms with Crippen molar-refractivity contribution in [1.82, 2.24) is 5.32 Å². The van der Waals surface area contributed by atoms with Crippen molar-refractivity contribution in [3.8, 4) is 0 Å². The molecule has 0 aliphatic rings. The number of anilines is 1. The second-order valence-electron chi connectivity index (χ2n) is 7.62. The summed E-state index contributed by atoms with van der Waals surface area (Å²) in [6, 6.07) is 6.87. The van der Waals surface area contributed by atoms with E-state index in [4.69, 9.17) is 0 Å². The van der Waals surface area contributed by atoms with Gasteiger partial charge in [0.1, 0.15) is 0 Å². The van der Waals surface area contributed by atoms with Gasteiger partial charge >= 0.3 is 0 Å². The maximum absolute atomic E-state index is 13.5. The molecule has 30 heavy (non-hydrogen) atoms. The van der Waals surface area contributed by atoms with E-state index in [0.717, 1.165) is 39.4 Å². The molecule has 0 fully saturated rings. The summed E-state index contributed by atoms with van der Waals surface area (Å²) >= 11 is 0. The van der Waals surface area contributed by atoms with Crippen molar-refractivity contribution in [2.24, 2.45) is 0 Å². The predicted octanol–water partition coefficient (Wildman–Crippen LogP) is 4.31. The molecule has 0 aliphatic heterocycles. The van der Waals surface area contributed by atoms with Gasteiger partial charge in [-0.2, -0.15) is 0 Å². The van der Waals surface area contributed by atoms with Crippen LogP contribution in [0.3, 0.4) is 0 Å². The molecule has 0 aromatic heterocycles. The van der Waals surface area contributed by atoms with E-state index in [0.29, 0.717) is 0 Å². The van der Waals surface area contributed by atoms with Gasteiger partial charge < -0.3 is 5.32 Å². The van der Waals surface area contributed by atoms with Gasteiger partial charge in [0, 0.05) is 19.0 Å². The van der Waals surface area contributed by atoms with Gasteiger partial charge in [-0.05, 0) is 68.5 Å².